The largest absolute Gasteiger partial charge is 0.493 e. The van der Waals surface area contributed by atoms with Crippen LogP contribution in [0.3, 0.4) is 0 Å². The molecule has 0 fully saturated rings. The average molecular weight is 433 g/mol. The Bertz CT molecular complexity index is 1000. The van der Waals surface area contributed by atoms with Crippen LogP contribution in [0.4, 0.5) is 5.69 Å². The van der Waals surface area contributed by atoms with Crippen molar-refractivity contribution in [2.75, 3.05) is 18.5 Å². The first-order chi connectivity index (χ1) is 15.7. The number of nitrogens with zero attached hydrogens (tertiary/aromatic N) is 1. The van der Waals surface area contributed by atoms with E-state index < -0.39 is 5.97 Å². The van der Waals surface area contributed by atoms with Crippen molar-refractivity contribution in [2.24, 2.45) is 0 Å². The van der Waals surface area contributed by atoms with Gasteiger partial charge in [0.25, 0.3) is 0 Å². The maximum absolute atomic E-state index is 11.4. The first kappa shape index (κ1) is 23.3. The summed E-state index contributed by atoms with van der Waals surface area (Å²) < 4.78 is 5.99. The van der Waals surface area contributed by atoms with Crippen molar-refractivity contribution < 1.29 is 14.6 Å². The molecule has 0 bridgehead atoms. The molecule has 2 N–H and O–H groups in total. The number of rotatable bonds is 8. The Labute approximate surface area is 190 Å². The molecule has 4 rings (SSSR count). The van der Waals surface area contributed by atoms with Gasteiger partial charge in [0.1, 0.15) is 5.75 Å². The standard InChI is InChI=1S/C25H26N2O3.C2H6/c28-25(29)23-11-13-26-17-24(23)27-16-20-8-4-7-19-15-21(9-10-22(19)20)30-14-12-18-5-2-1-3-6-18;1-2/h1-3,5-6,9-11,13,15,17,20,27H,4,7-8,12,14,16H2,(H,28,29);1-2H3. The molecule has 1 aliphatic rings. The number of ether oxygens (including phenoxy) is 1. The molecule has 0 spiro atoms. The van der Waals surface area contributed by atoms with Gasteiger partial charge in [0, 0.05) is 25.1 Å². The smallest absolute Gasteiger partial charge is 0.337 e. The van der Waals surface area contributed by atoms with Crippen LogP contribution >= 0.6 is 0 Å². The Balaban J connectivity index is 0.00000141. The molecule has 1 atom stereocenters. The predicted molar refractivity (Wildman–Crippen MR) is 129 cm³/mol. The van der Waals surface area contributed by atoms with E-state index in [4.69, 9.17) is 4.74 Å². The quantitative estimate of drug-likeness (QED) is 0.460. The minimum atomic E-state index is -0.943. The zero-order valence-electron chi connectivity index (χ0n) is 18.9. The third-order valence-corrected chi connectivity index (χ3v) is 5.65. The Morgan fingerprint density at radius 2 is 1.97 bits per heavy atom. The molecule has 1 unspecified atom stereocenters. The summed E-state index contributed by atoms with van der Waals surface area (Å²) in [6.07, 6.45) is 7.22. The summed E-state index contributed by atoms with van der Waals surface area (Å²) in [5, 5.41) is 12.7. The fourth-order valence-corrected chi connectivity index (χ4v) is 4.08. The molecule has 0 saturated heterocycles. The van der Waals surface area contributed by atoms with Gasteiger partial charge in [0.2, 0.25) is 0 Å². The van der Waals surface area contributed by atoms with Gasteiger partial charge in [-0.15, -0.1) is 0 Å². The highest BCUT2D eigenvalue weighted by Crippen LogP contribution is 2.34. The monoisotopic (exact) mass is 432 g/mol. The third-order valence-electron chi connectivity index (χ3n) is 5.65. The summed E-state index contributed by atoms with van der Waals surface area (Å²) in [6.45, 7) is 5.35. The SMILES string of the molecule is CC.O=C(O)c1ccncc1NCC1CCCc2cc(OCCc3ccccc3)ccc21. The van der Waals surface area contributed by atoms with Crippen molar-refractivity contribution in [3.05, 3.63) is 89.2 Å². The lowest BCUT2D eigenvalue weighted by Crippen LogP contribution is -2.19. The lowest BCUT2D eigenvalue weighted by Gasteiger charge is -2.27. The van der Waals surface area contributed by atoms with E-state index in [2.05, 4.69) is 40.6 Å². The Kier molecular flexibility index (Phi) is 8.67. The molecule has 5 heteroatoms. The zero-order chi connectivity index (χ0) is 22.8. The van der Waals surface area contributed by atoms with Crippen LogP contribution in [0.1, 0.15) is 59.7 Å². The van der Waals surface area contributed by atoms with Crippen molar-refractivity contribution >= 4 is 11.7 Å². The summed E-state index contributed by atoms with van der Waals surface area (Å²) in [6, 6.07) is 18.3. The summed E-state index contributed by atoms with van der Waals surface area (Å²) in [4.78, 5) is 15.5. The van der Waals surface area contributed by atoms with Gasteiger partial charge in [-0.3, -0.25) is 4.98 Å². The number of nitrogens with one attached hydrogen (secondary N) is 1. The van der Waals surface area contributed by atoms with E-state index in [0.717, 1.165) is 31.4 Å². The molecule has 0 saturated carbocycles. The van der Waals surface area contributed by atoms with Gasteiger partial charge in [0.15, 0.2) is 0 Å². The summed E-state index contributed by atoms with van der Waals surface area (Å²) in [7, 11) is 0. The molecular formula is C27H32N2O3. The Morgan fingerprint density at radius 1 is 1.16 bits per heavy atom. The van der Waals surface area contributed by atoms with Gasteiger partial charge in [0.05, 0.1) is 24.1 Å². The molecule has 0 aliphatic heterocycles. The highest BCUT2D eigenvalue weighted by Gasteiger charge is 2.21. The van der Waals surface area contributed by atoms with Crippen molar-refractivity contribution in [3.63, 3.8) is 0 Å². The van der Waals surface area contributed by atoms with E-state index >= 15 is 0 Å². The number of aryl methyl sites for hydroxylation is 1. The number of hydrogen-bond donors (Lipinski definition) is 2. The number of aromatic nitrogens is 1. The minimum Gasteiger partial charge on any atom is -0.493 e. The average Bonchev–Trinajstić information content (AvgIpc) is 2.84. The van der Waals surface area contributed by atoms with Crippen LogP contribution < -0.4 is 10.1 Å². The molecule has 5 nitrogen and oxygen atoms in total. The number of hydrogen-bond acceptors (Lipinski definition) is 4. The second-order valence-electron chi connectivity index (χ2n) is 7.64. The van der Waals surface area contributed by atoms with Gasteiger partial charge in [-0.1, -0.05) is 50.2 Å². The minimum absolute atomic E-state index is 0.253. The normalized spacial score (nSPS) is 14.5. The first-order valence-electron chi connectivity index (χ1n) is 11.4. The molecule has 1 aromatic heterocycles. The van der Waals surface area contributed by atoms with Crippen molar-refractivity contribution in [1.29, 1.82) is 0 Å². The van der Waals surface area contributed by atoms with E-state index in [9.17, 15) is 9.90 Å². The van der Waals surface area contributed by atoms with Gasteiger partial charge in [-0.2, -0.15) is 0 Å². The highest BCUT2D eigenvalue weighted by atomic mass is 16.5. The van der Waals surface area contributed by atoms with Crippen molar-refractivity contribution in [1.82, 2.24) is 4.98 Å². The summed E-state index contributed by atoms with van der Waals surface area (Å²) in [5.41, 5.74) is 4.75. The fourth-order valence-electron chi connectivity index (χ4n) is 4.08. The number of aromatic carboxylic acids is 1. The third kappa shape index (κ3) is 6.10. The Morgan fingerprint density at radius 3 is 2.75 bits per heavy atom. The number of carboxylic acids is 1. The van der Waals surface area contributed by atoms with Crippen molar-refractivity contribution in [2.45, 2.75) is 45.4 Å². The molecule has 3 aromatic rings. The lowest BCUT2D eigenvalue weighted by atomic mass is 9.82. The van der Waals surface area contributed by atoms with E-state index in [1.54, 1.807) is 6.20 Å². The van der Waals surface area contributed by atoms with Crippen LogP contribution in [0.5, 0.6) is 5.75 Å². The van der Waals surface area contributed by atoms with E-state index in [1.165, 1.54) is 29.0 Å². The first-order valence-corrected chi connectivity index (χ1v) is 11.4. The van der Waals surface area contributed by atoms with Crippen LogP contribution in [0, 0.1) is 0 Å². The maximum Gasteiger partial charge on any atom is 0.337 e. The molecule has 2 aromatic carbocycles. The molecule has 0 amide bonds. The van der Waals surface area contributed by atoms with E-state index in [1.807, 2.05) is 32.0 Å². The summed E-state index contributed by atoms with van der Waals surface area (Å²) >= 11 is 0. The fraction of sp³-hybridized carbons (Fsp3) is 0.333. The second-order valence-corrected chi connectivity index (χ2v) is 7.64. The Hall–Kier alpha value is -3.34. The molecular weight excluding hydrogens is 400 g/mol. The van der Waals surface area contributed by atoms with Crippen LogP contribution in [0.25, 0.3) is 0 Å². The van der Waals surface area contributed by atoms with Crippen LogP contribution in [0.2, 0.25) is 0 Å². The molecule has 168 valence electrons. The zero-order valence-corrected chi connectivity index (χ0v) is 18.9. The number of anilines is 1. The van der Waals surface area contributed by atoms with Gasteiger partial charge in [-0.25, -0.2) is 4.79 Å². The predicted octanol–water partition coefficient (Wildman–Crippen LogP) is 5.96. The van der Waals surface area contributed by atoms with Gasteiger partial charge in [-0.05, 0) is 54.2 Å². The summed E-state index contributed by atoms with van der Waals surface area (Å²) in [5.74, 6) is 0.314. The maximum atomic E-state index is 11.4. The molecule has 1 aliphatic carbocycles. The van der Waals surface area contributed by atoms with E-state index in [0.29, 0.717) is 24.8 Å². The highest BCUT2D eigenvalue weighted by molar-refractivity contribution is 5.93. The van der Waals surface area contributed by atoms with Crippen LogP contribution in [-0.2, 0) is 12.8 Å². The number of carbonyl (C=O) groups is 1. The topological polar surface area (TPSA) is 71.5 Å². The number of fused-ring (bicyclic) bond motifs is 1. The van der Waals surface area contributed by atoms with Crippen LogP contribution in [-0.4, -0.2) is 29.2 Å². The van der Waals surface area contributed by atoms with Crippen LogP contribution in [0.15, 0.2) is 67.0 Å². The van der Waals surface area contributed by atoms with Gasteiger partial charge < -0.3 is 15.2 Å². The molecule has 32 heavy (non-hydrogen) atoms. The number of pyridine rings is 1. The van der Waals surface area contributed by atoms with Gasteiger partial charge >= 0.3 is 5.97 Å². The molecule has 1 heterocycles. The number of carboxylic acid groups (broad SMARTS) is 1. The molecule has 0 radical (unpaired) electrons. The number of benzene rings is 2. The lowest BCUT2D eigenvalue weighted by molar-refractivity contribution is 0.0697. The second kappa shape index (κ2) is 11.9. The van der Waals surface area contributed by atoms with Crippen molar-refractivity contribution in [3.8, 4) is 5.75 Å². The van der Waals surface area contributed by atoms with E-state index in [-0.39, 0.29) is 5.56 Å².